The Balaban J connectivity index is 1.38. The van der Waals surface area contributed by atoms with E-state index in [4.69, 9.17) is 4.74 Å². The van der Waals surface area contributed by atoms with E-state index >= 15 is 0 Å². The quantitative estimate of drug-likeness (QED) is 0.752. The first-order valence-corrected chi connectivity index (χ1v) is 11.1. The fourth-order valence-electron chi connectivity index (χ4n) is 4.70. The van der Waals surface area contributed by atoms with Gasteiger partial charge in [0.25, 0.3) is 0 Å². The van der Waals surface area contributed by atoms with Gasteiger partial charge in [-0.3, -0.25) is 9.80 Å². The zero-order valence-corrected chi connectivity index (χ0v) is 16.7. The predicted molar refractivity (Wildman–Crippen MR) is 106 cm³/mol. The van der Waals surface area contributed by atoms with E-state index in [-0.39, 0.29) is 0 Å². The molecule has 2 aromatic heterocycles. The maximum absolute atomic E-state index is 5.61. The second kappa shape index (κ2) is 7.89. The summed E-state index contributed by atoms with van der Waals surface area (Å²) in [5, 5.41) is 8.96. The van der Waals surface area contributed by atoms with Crippen molar-refractivity contribution in [3.05, 3.63) is 44.8 Å². The molecule has 2 aliphatic heterocycles. The Morgan fingerprint density at radius 2 is 1.68 bits per heavy atom. The van der Waals surface area contributed by atoms with Gasteiger partial charge in [0, 0.05) is 39.2 Å². The average molecular weight is 377 g/mol. The van der Waals surface area contributed by atoms with Crippen LogP contribution in [0.2, 0.25) is 0 Å². The number of hydrogen-bond acceptors (Lipinski definition) is 5. The Kier molecular flexibility index (Phi) is 5.58. The second-order valence-electron chi connectivity index (χ2n) is 7.72. The summed E-state index contributed by atoms with van der Waals surface area (Å²) in [6.45, 7) is 8.00. The number of likely N-dealkylation sites (tertiary alicyclic amines) is 2. The first-order valence-electron chi connectivity index (χ1n) is 9.23. The largest absolute Gasteiger partial charge is 0.384 e. The molecule has 5 heteroatoms. The van der Waals surface area contributed by atoms with Crippen molar-refractivity contribution in [2.75, 3.05) is 39.9 Å². The van der Waals surface area contributed by atoms with Crippen molar-refractivity contribution in [3.8, 4) is 0 Å². The van der Waals surface area contributed by atoms with Crippen LogP contribution >= 0.6 is 22.7 Å². The maximum atomic E-state index is 5.61. The van der Waals surface area contributed by atoms with Gasteiger partial charge in [0.05, 0.1) is 6.61 Å². The van der Waals surface area contributed by atoms with Crippen LogP contribution in [0.4, 0.5) is 0 Å². The van der Waals surface area contributed by atoms with E-state index in [2.05, 4.69) is 43.5 Å². The van der Waals surface area contributed by atoms with Gasteiger partial charge < -0.3 is 4.74 Å². The number of hydrogen-bond donors (Lipinski definition) is 0. The summed E-state index contributed by atoms with van der Waals surface area (Å²) in [5.74, 6) is 0.680. The molecule has 0 saturated carbocycles. The number of methoxy groups -OCH3 is 1. The molecular formula is C20H28N2OS2. The van der Waals surface area contributed by atoms with Gasteiger partial charge in [0.2, 0.25) is 0 Å². The molecule has 0 unspecified atom stereocenters. The molecule has 2 aromatic rings. The number of piperidine rings is 1. The highest BCUT2D eigenvalue weighted by atomic mass is 32.1. The Morgan fingerprint density at radius 3 is 2.24 bits per heavy atom. The minimum atomic E-state index is 0.456. The van der Waals surface area contributed by atoms with Gasteiger partial charge in [-0.15, -0.1) is 0 Å². The van der Waals surface area contributed by atoms with Crippen LogP contribution in [0.3, 0.4) is 0 Å². The second-order valence-corrected chi connectivity index (χ2v) is 9.28. The lowest BCUT2D eigenvalue weighted by Gasteiger charge is -2.42. The lowest BCUT2D eigenvalue weighted by atomic mass is 9.71. The van der Waals surface area contributed by atoms with Crippen LogP contribution in [0.15, 0.2) is 33.7 Å². The third kappa shape index (κ3) is 4.01. The van der Waals surface area contributed by atoms with Crippen LogP contribution in [0.25, 0.3) is 0 Å². The standard InChI is InChI=1S/C20H28N2OS2/c1-23-13-19-12-22(11-18-3-9-25-15-18)16-20(19)4-6-21(7-5-20)10-17-2-8-24-14-17/h2-3,8-9,14-15,19H,4-7,10-13,16H2,1H3/t19-/m1/s1. The highest BCUT2D eigenvalue weighted by Crippen LogP contribution is 2.45. The molecule has 25 heavy (non-hydrogen) atoms. The molecule has 0 N–H and O–H groups in total. The summed E-state index contributed by atoms with van der Waals surface area (Å²) in [5.41, 5.74) is 3.39. The Bertz CT molecular complexity index is 633. The summed E-state index contributed by atoms with van der Waals surface area (Å²) in [7, 11) is 1.86. The Hall–Kier alpha value is -0.720. The molecule has 3 nitrogen and oxygen atoms in total. The van der Waals surface area contributed by atoms with E-state index in [1.165, 1.54) is 50.1 Å². The Labute approximate surface area is 159 Å². The molecule has 4 heterocycles. The smallest absolute Gasteiger partial charge is 0.0508 e. The first-order chi connectivity index (χ1) is 12.3. The zero-order chi connectivity index (χ0) is 17.1. The first kappa shape index (κ1) is 17.7. The number of nitrogens with zero attached hydrogens (tertiary/aromatic N) is 2. The van der Waals surface area contributed by atoms with Crippen molar-refractivity contribution in [1.29, 1.82) is 0 Å². The van der Waals surface area contributed by atoms with Gasteiger partial charge >= 0.3 is 0 Å². The van der Waals surface area contributed by atoms with Gasteiger partial charge in [0.15, 0.2) is 0 Å². The van der Waals surface area contributed by atoms with Crippen LogP contribution in [0.1, 0.15) is 24.0 Å². The van der Waals surface area contributed by atoms with E-state index in [1.54, 1.807) is 22.7 Å². The molecule has 2 saturated heterocycles. The van der Waals surface area contributed by atoms with Crippen LogP contribution < -0.4 is 0 Å². The van der Waals surface area contributed by atoms with Gasteiger partial charge in [-0.2, -0.15) is 22.7 Å². The highest BCUT2D eigenvalue weighted by molar-refractivity contribution is 7.08. The van der Waals surface area contributed by atoms with E-state index in [9.17, 15) is 0 Å². The van der Waals surface area contributed by atoms with Crippen molar-refractivity contribution < 1.29 is 4.74 Å². The maximum Gasteiger partial charge on any atom is 0.0508 e. The topological polar surface area (TPSA) is 15.7 Å². The van der Waals surface area contributed by atoms with Crippen molar-refractivity contribution in [2.45, 2.75) is 25.9 Å². The van der Waals surface area contributed by atoms with Crippen molar-refractivity contribution >= 4 is 22.7 Å². The van der Waals surface area contributed by atoms with E-state index in [0.29, 0.717) is 11.3 Å². The van der Waals surface area contributed by atoms with Crippen molar-refractivity contribution in [1.82, 2.24) is 9.80 Å². The minimum Gasteiger partial charge on any atom is -0.384 e. The van der Waals surface area contributed by atoms with Gasteiger partial charge in [-0.05, 0) is 76.1 Å². The third-order valence-electron chi connectivity index (χ3n) is 6.08. The van der Waals surface area contributed by atoms with Gasteiger partial charge in [0.1, 0.15) is 0 Å². The fraction of sp³-hybridized carbons (Fsp3) is 0.600. The number of ether oxygens (including phenoxy) is 1. The molecule has 2 aliphatic rings. The molecular weight excluding hydrogens is 348 g/mol. The summed E-state index contributed by atoms with van der Waals surface area (Å²) in [6, 6.07) is 4.53. The zero-order valence-electron chi connectivity index (χ0n) is 15.0. The molecule has 2 fully saturated rings. The van der Waals surface area contributed by atoms with Crippen LogP contribution in [0.5, 0.6) is 0 Å². The predicted octanol–water partition coefficient (Wildman–Crippen LogP) is 4.17. The molecule has 0 aromatic carbocycles. The SMILES string of the molecule is COC[C@H]1CN(Cc2ccsc2)CC12CCN(Cc1ccsc1)CC2. The summed E-state index contributed by atoms with van der Waals surface area (Å²) in [6.07, 6.45) is 2.62. The lowest BCUT2D eigenvalue weighted by Crippen LogP contribution is -2.44. The number of rotatable bonds is 6. The monoisotopic (exact) mass is 376 g/mol. The van der Waals surface area contributed by atoms with Crippen LogP contribution in [-0.2, 0) is 17.8 Å². The summed E-state index contributed by atoms with van der Waals surface area (Å²) in [4.78, 5) is 5.30. The van der Waals surface area contributed by atoms with Crippen molar-refractivity contribution in [3.63, 3.8) is 0 Å². The van der Waals surface area contributed by atoms with Crippen LogP contribution in [0, 0.1) is 11.3 Å². The molecule has 136 valence electrons. The molecule has 0 aliphatic carbocycles. The summed E-state index contributed by atoms with van der Waals surface area (Å²) >= 11 is 3.61. The Morgan fingerprint density at radius 1 is 1.04 bits per heavy atom. The molecule has 0 bridgehead atoms. The lowest BCUT2D eigenvalue weighted by molar-refractivity contribution is 0.0351. The molecule has 1 spiro atoms. The minimum absolute atomic E-state index is 0.456. The van der Waals surface area contributed by atoms with E-state index in [1.807, 2.05) is 7.11 Å². The average Bonchev–Trinajstić information content (AvgIpc) is 3.34. The van der Waals surface area contributed by atoms with Gasteiger partial charge in [-0.25, -0.2) is 0 Å². The van der Waals surface area contributed by atoms with E-state index in [0.717, 1.165) is 19.7 Å². The van der Waals surface area contributed by atoms with Crippen molar-refractivity contribution in [2.24, 2.45) is 11.3 Å². The van der Waals surface area contributed by atoms with Gasteiger partial charge in [-0.1, -0.05) is 0 Å². The molecule has 4 rings (SSSR count). The highest BCUT2D eigenvalue weighted by Gasteiger charge is 2.47. The molecule has 0 amide bonds. The normalized spacial score (nSPS) is 24.3. The fourth-order valence-corrected chi connectivity index (χ4v) is 6.02. The molecule has 1 atom stereocenters. The number of thiophene rings is 2. The third-order valence-corrected chi connectivity index (χ3v) is 7.54. The van der Waals surface area contributed by atoms with E-state index < -0.39 is 0 Å². The molecule has 0 radical (unpaired) electrons. The van der Waals surface area contributed by atoms with Crippen LogP contribution in [-0.4, -0.2) is 49.7 Å². The summed E-state index contributed by atoms with van der Waals surface area (Å²) < 4.78 is 5.61.